The number of methoxy groups -OCH3 is 1. The van der Waals surface area contributed by atoms with E-state index in [0.29, 0.717) is 37.4 Å². The average Bonchev–Trinajstić information content (AvgIpc) is 3.08. The van der Waals surface area contributed by atoms with Crippen molar-refractivity contribution < 1.29 is 22.7 Å². The third-order valence-corrected chi connectivity index (χ3v) is 10.1. The number of ether oxygens (including phenoxy) is 2. The predicted molar refractivity (Wildman–Crippen MR) is 177 cm³/mol. The van der Waals surface area contributed by atoms with Crippen molar-refractivity contribution >= 4 is 21.8 Å². The Morgan fingerprint density at radius 2 is 1.31 bits per heavy atom. The van der Waals surface area contributed by atoms with Crippen molar-refractivity contribution in [2.24, 2.45) is 0 Å². The molecule has 1 aliphatic rings. The zero-order valence-corrected chi connectivity index (χ0v) is 26.7. The largest absolute Gasteiger partial charge is 0.497 e. The number of carbonyl (C=O) groups is 1. The maximum Gasteiger partial charge on any atom is 0.409 e. The lowest BCUT2D eigenvalue weighted by atomic mass is 10.0. The number of hydrogen-bond donors (Lipinski definition) is 0. The summed E-state index contributed by atoms with van der Waals surface area (Å²) in [6, 6.07) is 35.8. The summed E-state index contributed by atoms with van der Waals surface area (Å²) in [5.74, 6) is 0.588. The monoisotopic (exact) mass is 627 g/mol. The van der Waals surface area contributed by atoms with Gasteiger partial charge in [0.25, 0.3) is 10.0 Å². The van der Waals surface area contributed by atoms with Crippen molar-refractivity contribution in [2.75, 3.05) is 31.1 Å². The quantitative estimate of drug-likeness (QED) is 0.177. The first-order valence-electron chi connectivity index (χ1n) is 15.3. The van der Waals surface area contributed by atoms with Crippen LogP contribution in [0.5, 0.6) is 5.75 Å². The van der Waals surface area contributed by atoms with Gasteiger partial charge in [0.15, 0.2) is 0 Å². The number of anilines is 1. The Labute approximate surface area is 266 Å². The molecule has 1 atom stereocenters. The summed E-state index contributed by atoms with van der Waals surface area (Å²) in [4.78, 5) is 17.4. The zero-order valence-electron chi connectivity index (χ0n) is 25.9. The molecule has 8 nitrogen and oxygen atoms in total. The first kappa shape index (κ1) is 32.1. The van der Waals surface area contributed by atoms with Crippen LogP contribution in [0.2, 0.25) is 0 Å². The number of carbonyl (C=O) groups excluding carboxylic acids is 1. The number of nitrogens with zero attached hydrogens (tertiary/aromatic N) is 3. The van der Waals surface area contributed by atoms with E-state index in [0.717, 1.165) is 13.1 Å². The molecule has 236 valence electrons. The number of piperidine rings is 1. The van der Waals surface area contributed by atoms with Crippen LogP contribution in [0.3, 0.4) is 0 Å². The first-order chi connectivity index (χ1) is 21.8. The summed E-state index contributed by atoms with van der Waals surface area (Å²) in [5, 5.41) is 0. The van der Waals surface area contributed by atoms with Crippen LogP contribution in [0.1, 0.15) is 30.9 Å². The molecule has 1 amide bonds. The lowest BCUT2D eigenvalue weighted by Crippen LogP contribution is -2.49. The highest BCUT2D eigenvalue weighted by Crippen LogP contribution is 2.31. The Morgan fingerprint density at radius 3 is 1.82 bits per heavy atom. The van der Waals surface area contributed by atoms with Gasteiger partial charge in [0, 0.05) is 38.3 Å². The van der Waals surface area contributed by atoms with Gasteiger partial charge < -0.3 is 14.4 Å². The van der Waals surface area contributed by atoms with Crippen molar-refractivity contribution in [2.45, 2.75) is 49.8 Å². The molecular weight excluding hydrogens is 586 g/mol. The van der Waals surface area contributed by atoms with Crippen molar-refractivity contribution in [3.63, 3.8) is 0 Å². The number of para-hydroxylation sites is 1. The summed E-state index contributed by atoms with van der Waals surface area (Å²) in [7, 11) is -2.32. The fourth-order valence-electron chi connectivity index (χ4n) is 5.66. The molecule has 0 N–H and O–H groups in total. The lowest BCUT2D eigenvalue weighted by molar-refractivity contribution is 0.0592. The van der Waals surface area contributed by atoms with Crippen LogP contribution < -0.4 is 9.04 Å². The van der Waals surface area contributed by atoms with Crippen LogP contribution >= 0.6 is 0 Å². The Morgan fingerprint density at radius 1 is 0.800 bits per heavy atom. The van der Waals surface area contributed by atoms with E-state index in [-0.39, 0.29) is 29.7 Å². The SMILES string of the molecule is COc1ccc(S(=O)(=O)N(c2ccccc2)C2CCN(C(=O)OCC(C)N(Cc3ccccc3)Cc3ccccc3)CC2)cc1. The van der Waals surface area contributed by atoms with E-state index in [1.807, 2.05) is 54.6 Å². The molecule has 0 aliphatic carbocycles. The molecular formula is C36H41N3O5S. The zero-order chi connectivity index (χ0) is 31.6. The van der Waals surface area contributed by atoms with Crippen molar-refractivity contribution in [1.29, 1.82) is 0 Å². The predicted octanol–water partition coefficient (Wildman–Crippen LogP) is 6.58. The lowest BCUT2D eigenvalue weighted by Gasteiger charge is -2.38. The van der Waals surface area contributed by atoms with Gasteiger partial charge in [-0.3, -0.25) is 9.21 Å². The summed E-state index contributed by atoms with van der Waals surface area (Å²) >= 11 is 0. The highest BCUT2D eigenvalue weighted by atomic mass is 32.2. The van der Waals surface area contributed by atoms with Crippen molar-refractivity contribution in [3.8, 4) is 5.75 Å². The van der Waals surface area contributed by atoms with Gasteiger partial charge in [-0.05, 0) is 67.3 Å². The highest BCUT2D eigenvalue weighted by molar-refractivity contribution is 7.92. The number of hydrogen-bond acceptors (Lipinski definition) is 6. The molecule has 45 heavy (non-hydrogen) atoms. The molecule has 1 fully saturated rings. The molecule has 5 rings (SSSR count). The second-order valence-corrected chi connectivity index (χ2v) is 13.1. The van der Waals surface area contributed by atoms with Gasteiger partial charge in [-0.2, -0.15) is 0 Å². The molecule has 4 aromatic carbocycles. The van der Waals surface area contributed by atoms with Crippen LogP contribution in [-0.2, 0) is 27.8 Å². The smallest absolute Gasteiger partial charge is 0.409 e. The third-order valence-electron chi connectivity index (χ3n) is 8.21. The van der Waals surface area contributed by atoms with Gasteiger partial charge in [-0.1, -0.05) is 78.9 Å². The maximum atomic E-state index is 13.9. The molecule has 1 saturated heterocycles. The molecule has 0 radical (unpaired) electrons. The molecule has 4 aromatic rings. The van der Waals surface area contributed by atoms with Crippen molar-refractivity contribution in [1.82, 2.24) is 9.80 Å². The molecule has 9 heteroatoms. The molecule has 1 aliphatic heterocycles. The second kappa shape index (κ2) is 15.1. The summed E-state index contributed by atoms with van der Waals surface area (Å²) < 4.78 is 40.4. The number of likely N-dealkylation sites (tertiary alicyclic amines) is 1. The molecule has 0 bridgehead atoms. The molecule has 1 unspecified atom stereocenters. The van der Waals surface area contributed by atoms with Gasteiger partial charge in [0.05, 0.1) is 17.7 Å². The summed E-state index contributed by atoms with van der Waals surface area (Å²) in [5.41, 5.74) is 2.99. The number of benzene rings is 4. The van der Waals surface area contributed by atoms with Crippen molar-refractivity contribution in [3.05, 3.63) is 126 Å². The number of sulfonamides is 1. The second-order valence-electron chi connectivity index (χ2n) is 11.3. The van der Waals surface area contributed by atoms with E-state index in [1.165, 1.54) is 15.4 Å². The standard InChI is InChI=1S/C36H41N3O5S/c1-29(38(26-30-12-6-3-7-13-30)27-31-14-8-4-9-15-31)28-44-36(40)37-24-22-33(23-25-37)39(32-16-10-5-11-17-32)45(41,42)35-20-18-34(43-2)19-21-35/h3-21,29,33H,22-28H2,1-2H3. The molecule has 1 heterocycles. The first-order valence-corrected chi connectivity index (χ1v) is 16.8. The van der Waals surface area contributed by atoms with Gasteiger partial charge in [-0.15, -0.1) is 0 Å². The Balaban J connectivity index is 1.22. The molecule has 0 spiro atoms. The van der Waals surface area contributed by atoms with Gasteiger partial charge in [0.2, 0.25) is 0 Å². The Kier molecular flexibility index (Phi) is 10.8. The fourth-order valence-corrected chi connectivity index (χ4v) is 7.37. The number of rotatable bonds is 12. The summed E-state index contributed by atoms with van der Waals surface area (Å²) in [6.45, 7) is 4.59. The minimum Gasteiger partial charge on any atom is -0.497 e. The van der Waals surface area contributed by atoms with Crippen LogP contribution in [0, 0.1) is 0 Å². The van der Waals surface area contributed by atoms with Gasteiger partial charge in [0.1, 0.15) is 12.4 Å². The number of amides is 1. The topological polar surface area (TPSA) is 79.4 Å². The van der Waals surface area contributed by atoms with E-state index in [4.69, 9.17) is 9.47 Å². The van der Waals surface area contributed by atoms with Crippen LogP contribution in [0.25, 0.3) is 0 Å². The summed E-state index contributed by atoms with van der Waals surface area (Å²) in [6.07, 6.45) is 0.607. The van der Waals surface area contributed by atoms with E-state index >= 15 is 0 Å². The molecule has 0 aromatic heterocycles. The normalized spacial score (nSPS) is 14.6. The maximum absolute atomic E-state index is 13.9. The van der Waals surface area contributed by atoms with Gasteiger partial charge >= 0.3 is 6.09 Å². The van der Waals surface area contributed by atoms with E-state index < -0.39 is 10.0 Å². The van der Waals surface area contributed by atoms with Gasteiger partial charge in [-0.25, -0.2) is 13.2 Å². The minimum absolute atomic E-state index is 0.0184. The molecule has 0 saturated carbocycles. The Hall–Kier alpha value is -4.34. The van der Waals surface area contributed by atoms with Crippen LogP contribution in [-0.4, -0.2) is 63.2 Å². The minimum atomic E-state index is -3.86. The van der Waals surface area contributed by atoms with E-state index in [9.17, 15) is 13.2 Å². The highest BCUT2D eigenvalue weighted by Gasteiger charge is 2.35. The van der Waals surface area contributed by atoms with E-state index in [2.05, 4.69) is 36.1 Å². The van der Waals surface area contributed by atoms with Crippen LogP contribution in [0.4, 0.5) is 10.5 Å². The van der Waals surface area contributed by atoms with Crippen LogP contribution in [0.15, 0.2) is 120 Å². The average molecular weight is 628 g/mol. The van der Waals surface area contributed by atoms with E-state index in [1.54, 1.807) is 48.4 Å². The third kappa shape index (κ3) is 8.23. The fraction of sp³-hybridized carbons (Fsp3) is 0.306. The Bertz CT molecular complexity index is 1550.